The number of alkyl halides is 1. The zero-order chi connectivity index (χ0) is 16.1. The van der Waals surface area contributed by atoms with Crippen LogP contribution in [0.3, 0.4) is 0 Å². The molecule has 0 amide bonds. The number of ether oxygens (including phenoxy) is 1. The number of hydrogen-bond acceptors (Lipinski definition) is 5. The smallest absolute Gasteiger partial charge is 0.164 e. The van der Waals surface area contributed by atoms with Gasteiger partial charge in [-0.25, -0.2) is 0 Å². The quantitative estimate of drug-likeness (QED) is 0.407. The van der Waals surface area contributed by atoms with E-state index in [-0.39, 0.29) is 24.8 Å². The Kier molecular flexibility index (Phi) is 4.28. The molecule has 5 atom stereocenters. The minimum absolute atomic E-state index is 0.0111. The molecule has 1 heterocycles. The number of aliphatic hydroxyl groups is 3. The summed E-state index contributed by atoms with van der Waals surface area (Å²) < 4.78 is 5.59. The number of hydrogen-bond donors (Lipinski definition) is 3. The highest BCUT2D eigenvalue weighted by Gasteiger charge is 2.76. The van der Waals surface area contributed by atoms with Crippen molar-refractivity contribution in [2.24, 2.45) is 0 Å². The lowest BCUT2D eigenvalue weighted by molar-refractivity contribution is -0.235. The molecule has 5 nitrogen and oxygen atoms in total. The van der Waals surface area contributed by atoms with Crippen molar-refractivity contribution >= 4 is 17.4 Å². The third kappa shape index (κ3) is 2.35. The van der Waals surface area contributed by atoms with Crippen LogP contribution in [0, 0.1) is 0 Å². The van der Waals surface area contributed by atoms with E-state index in [9.17, 15) is 20.1 Å². The summed E-state index contributed by atoms with van der Waals surface area (Å²) in [7, 11) is 0. The van der Waals surface area contributed by atoms with Gasteiger partial charge in [-0.3, -0.25) is 4.79 Å². The molecule has 0 bridgehead atoms. The molecular formula is C15H23ClO5. The number of rotatable bonds is 4. The first-order valence-electron chi connectivity index (χ1n) is 7.15. The van der Waals surface area contributed by atoms with Gasteiger partial charge >= 0.3 is 0 Å². The molecule has 0 aromatic rings. The van der Waals surface area contributed by atoms with Crippen LogP contribution in [0.25, 0.3) is 0 Å². The predicted octanol–water partition coefficient (Wildman–Crippen LogP) is 0.925. The number of epoxide rings is 1. The first-order valence-corrected chi connectivity index (χ1v) is 7.68. The molecule has 0 spiro atoms. The Morgan fingerprint density at radius 3 is 2.62 bits per heavy atom. The predicted molar refractivity (Wildman–Crippen MR) is 78.2 cm³/mol. The Morgan fingerprint density at radius 1 is 1.48 bits per heavy atom. The molecule has 0 aromatic carbocycles. The molecular weight excluding hydrogens is 296 g/mol. The molecule has 0 radical (unpaired) electrons. The average molecular weight is 319 g/mol. The van der Waals surface area contributed by atoms with Gasteiger partial charge in [0.05, 0.1) is 12.0 Å². The third-order valence-electron chi connectivity index (χ3n) is 4.86. The van der Waals surface area contributed by atoms with Gasteiger partial charge in [0.25, 0.3) is 0 Å². The van der Waals surface area contributed by atoms with Gasteiger partial charge in [0.2, 0.25) is 0 Å². The van der Waals surface area contributed by atoms with Crippen molar-refractivity contribution in [3.63, 3.8) is 0 Å². The number of aliphatic hydroxyl groups excluding tert-OH is 1. The summed E-state index contributed by atoms with van der Waals surface area (Å²) in [5.41, 5.74) is -3.95. The van der Waals surface area contributed by atoms with Crippen LogP contribution in [-0.2, 0) is 9.53 Å². The van der Waals surface area contributed by atoms with Gasteiger partial charge in [-0.05, 0) is 33.6 Å². The molecule has 1 aliphatic carbocycles. The highest BCUT2D eigenvalue weighted by Crippen LogP contribution is 2.55. The van der Waals surface area contributed by atoms with Gasteiger partial charge in [-0.15, -0.1) is 11.6 Å². The van der Waals surface area contributed by atoms with Crippen molar-refractivity contribution in [2.75, 3.05) is 5.88 Å². The first-order chi connectivity index (χ1) is 9.62. The van der Waals surface area contributed by atoms with Gasteiger partial charge in [-0.2, -0.15) is 0 Å². The molecule has 6 heteroatoms. The molecule has 4 unspecified atom stereocenters. The van der Waals surface area contributed by atoms with Gasteiger partial charge in [0, 0.05) is 6.42 Å². The van der Waals surface area contributed by atoms with E-state index < -0.39 is 28.7 Å². The van der Waals surface area contributed by atoms with Crippen molar-refractivity contribution in [1.82, 2.24) is 0 Å². The maximum Gasteiger partial charge on any atom is 0.164 e. The second kappa shape index (κ2) is 5.32. The van der Waals surface area contributed by atoms with Crippen molar-refractivity contribution < 1.29 is 24.9 Å². The molecule has 1 saturated heterocycles. The summed E-state index contributed by atoms with van der Waals surface area (Å²) in [6.07, 6.45) is 0.430. The summed E-state index contributed by atoms with van der Waals surface area (Å²) in [6, 6.07) is 0. The summed E-state index contributed by atoms with van der Waals surface area (Å²) >= 11 is 5.83. The van der Waals surface area contributed by atoms with Crippen molar-refractivity contribution in [1.29, 1.82) is 0 Å². The van der Waals surface area contributed by atoms with Crippen molar-refractivity contribution in [3.05, 3.63) is 11.6 Å². The van der Waals surface area contributed by atoms with Crippen LogP contribution in [0.15, 0.2) is 11.6 Å². The van der Waals surface area contributed by atoms with Crippen LogP contribution in [0.5, 0.6) is 0 Å². The number of ketones is 1. The van der Waals surface area contributed by atoms with E-state index in [1.165, 1.54) is 0 Å². The lowest BCUT2D eigenvalue weighted by atomic mass is 9.63. The summed E-state index contributed by atoms with van der Waals surface area (Å²) in [6.45, 7) is 5.50. The van der Waals surface area contributed by atoms with E-state index in [0.717, 1.165) is 5.57 Å². The molecule has 2 fully saturated rings. The van der Waals surface area contributed by atoms with E-state index in [1.807, 2.05) is 19.9 Å². The first kappa shape index (κ1) is 16.9. The molecule has 21 heavy (non-hydrogen) atoms. The Bertz CT molecular complexity index is 475. The second-order valence-electron chi connectivity index (χ2n) is 6.53. The molecule has 120 valence electrons. The van der Waals surface area contributed by atoms with Gasteiger partial charge in [0.1, 0.15) is 17.3 Å². The normalized spacial score (nSPS) is 46.3. The van der Waals surface area contributed by atoms with E-state index in [2.05, 4.69) is 0 Å². The molecule has 1 saturated carbocycles. The fourth-order valence-electron chi connectivity index (χ4n) is 3.26. The topological polar surface area (TPSA) is 90.3 Å². The Labute approximate surface area is 129 Å². The fourth-order valence-corrected chi connectivity index (χ4v) is 3.60. The molecule has 1 aliphatic heterocycles. The highest BCUT2D eigenvalue weighted by molar-refractivity contribution is 6.18. The van der Waals surface area contributed by atoms with E-state index in [1.54, 1.807) is 6.92 Å². The SMILES string of the molecule is CC(C)=CCC1OC1(C)C1(O)C(O)C(=O)CC[C@]1(O)CCl. The summed E-state index contributed by atoms with van der Waals surface area (Å²) in [5.74, 6) is -0.771. The molecule has 2 rings (SSSR count). The molecule has 2 aliphatic rings. The van der Waals surface area contributed by atoms with Crippen molar-refractivity contribution in [2.45, 2.75) is 69.0 Å². The van der Waals surface area contributed by atoms with Gasteiger partial charge in [0.15, 0.2) is 11.4 Å². The number of carbonyl (C=O) groups excluding carboxylic acids is 1. The zero-order valence-corrected chi connectivity index (χ0v) is 13.4. The lowest BCUT2D eigenvalue weighted by Gasteiger charge is -2.50. The maximum absolute atomic E-state index is 11.8. The summed E-state index contributed by atoms with van der Waals surface area (Å²) in [5, 5.41) is 31.9. The Balaban J connectivity index is 2.33. The summed E-state index contributed by atoms with van der Waals surface area (Å²) in [4.78, 5) is 11.8. The maximum atomic E-state index is 11.8. The van der Waals surface area contributed by atoms with E-state index in [4.69, 9.17) is 16.3 Å². The molecule has 0 aromatic heterocycles. The molecule has 3 N–H and O–H groups in total. The third-order valence-corrected chi connectivity index (χ3v) is 5.30. The Hall–Kier alpha value is -0.460. The van der Waals surface area contributed by atoms with E-state index in [0.29, 0.717) is 6.42 Å². The standard InChI is InChI=1S/C15H23ClO5/c1-9(2)4-5-11-13(3,21-11)15(20)12(18)10(17)6-7-14(15,19)8-16/h4,11-12,18-20H,5-8H2,1-3H3/t11?,12?,13?,14-,15?/m0/s1. The number of allylic oxidation sites excluding steroid dienone is 1. The van der Waals surface area contributed by atoms with Crippen molar-refractivity contribution in [3.8, 4) is 0 Å². The van der Waals surface area contributed by atoms with Gasteiger partial charge < -0.3 is 20.1 Å². The van der Waals surface area contributed by atoms with E-state index >= 15 is 0 Å². The fraction of sp³-hybridized carbons (Fsp3) is 0.800. The van der Waals surface area contributed by atoms with Crippen LogP contribution >= 0.6 is 11.6 Å². The lowest BCUT2D eigenvalue weighted by Crippen LogP contribution is -2.73. The monoisotopic (exact) mass is 318 g/mol. The second-order valence-corrected chi connectivity index (χ2v) is 6.80. The zero-order valence-electron chi connectivity index (χ0n) is 12.6. The van der Waals surface area contributed by atoms with Crippen LogP contribution in [0.1, 0.15) is 40.0 Å². The Morgan fingerprint density at radius 2 is 2.10 bits per heavy atom. The highest BCUT2D eigenvalue weighted by atomic mass is 35.5. The van der Waals surface area contributed by atoms with Crippen LogP contribution in [-0.4, -0.2) is 56.0 Å². The number of Topliss-reactive ketones (excluding diaryl/α,β-unsaturated/α-hetero) is 1. The minimum atomic E-state index is -2.10. The van der Waals surface area contributed by atoms with Crippen LogP contribution < -0.4 is 0 Å². The number of halogens is 1. The van der Waals surface area contributed by atoms with Crippen LogP contribution in [0.2, 0.25) is 0 Å². The minimum Gasteiger partial charge on any atom is -0.385 e. The largest absolute Gasteiger partial charge is 0.385 e. The van der Waals surface area contributed by atoms with Crippen LogP contribution in [0.4, 0.5) is 0 Å². The van der Waals surface area contributed by atoms with Gasteiger partial charge in [-0.1, -0.05) is 11.6 Å². The average Bonchev–Trinajstić information content (AvgIpc) is 3.11. The number of carbonyl (C=O) groups is 1.